The Hall–Kier alpha value is -1.63. The molecular weight excluding hydrogens is 270 g/mol. The van der Waals surface area contributed by atoms with E-state index in [0.29, 0.717) is 11.9 Å². The molecule has 1 atom stereocenters. The van der Waals surface area contributed by atoms with Gasteiger partial charge in [0.2, 0.25) is 11.9 Å². The molecule has 21 heavy (non-hydrogen) atoms. The molecule has 1 rings (SSSR count). The van der Waals surface area contributed by atoms with Gasteiger partial charge in [0.1, 0.15) is 0 Å². The van der Waals surface area contributed by atoms with Crippen LogP contribution in [0.4, 0.5) is 11.9 Å². The van der Waals surface area contributed by atoms with E-state index in [-0.39, 0.29) is 30.7 Å². The lowest BCUT2D eigenvalue weighted by atomic mass is 10.1. The summed E-state index contributed by atoms with van der Waals surface area (Å²) in [5.41, 5.74) is 0. The summed E-state index contributed by atoms with van der Waals surface area (Å²) in [5, 5.41) is 15.7. The zero-order valence-electron chi connectivity index (χ0n) is 13.6. The molecular formula is C14H27N5O2. The van der Waals surface area contributed by atoms with Gasteiger partial charge < -0.3 is 20.5 Å². The Balaban J connectivity index is 2.94. The molecule has 0 aliphatic rings. The Bertz CT molecular complexity index is 426. The second-order valence-electron chi connectivity index (χ2n) is 5.54. The van der Waals surface area contributed by atoms with E-state index in [1.807, 2.05) is 27.7 Å². The van der Waals surface area contributed by atoms with Gasteiger partial charge in [-0.05, 0) is 26.2 Å². The van der Waals surface area contributed by atoms with Crippen molar-refractivity contribution in [3.8, 4) is 6.01 Å². The third kappa shape index (κ3) is 6.12. The van der Waals surface area contributed by atoms with Gasteiger partial charge in [0.25, 0.3) is 0 Å². The molecule has 7 heteroatoms. The van der Waals surface area contributed by atoms with Crippen LogP contribution in [0.5, 0.6) is 6.01 Å². The zero-order valence-corrected chi connectivity index (χ0v) is 13.6. The molecule has 0 bridgehead atoms. The molecule has 7 nitrogen and oxygen atoms in total. The van der Waals surface area contributed by atoms with Crippen molar-refractivity contribution < 1.29 is 9.84 Å². The first-order valence-electron chi connectivity index (χ1n) is 7.50. The lowest BCUT2D eigenvalue weighted by Gasteiger charge is -2.20. The molecule has 0 amide bonds. The van der Waals surface area contributed by atoms with Gasteiger partial charge in [-0.15, -0.1) is 0 Å². The largest absolute Gasteiger partial charge is 0.461 e. The first-order valence-corrected chi connectivity index (χ1v) is 7.50. The maximum absolute atomic E-state index is 9.40. The van der Waals surface area contributed by atoms with Crippen molar-refractivity contribution in [3.63, 3.8) is 0 Å². The molecule has 0 unspecified atom stereocenters. The van der Waals surface area contributed by atoms with Gasteiger partial charge in [-0.3, -0.25) is 0 Å². The lowest BCUT2D eigenvalue weighted by molar-refractivity contribution is 0.221. The number of aliphatic hydroxyl groups excluding tert-OH is 1. The minimum absolute atomic E-state index is 0.0153. The summed E-state index contributed by atoms with van der Waals surface area (Å²) in [6, 6.07) is 0.167. The first-order chi connectivity index (χ1) is 9.96. The summed E-state index contributed by atoms with van der Waals surface area (Å²) >= 11 is 0. The third-order valence-electron chi connectivity index (χ3n) is 2.81. The topological polar surface area (TPSA) is 92.2 Å². The van der Waals surface area contributed by atoms with E-state index in [0.717, 1.165) is 13.0 Å². The van der Waals surface area contributed by atoms with Crippen LogP contribution in [0.3, 0.4) is 0 Å². The van der Waals surface area contributed by atoms with E-state index in [4.69, 9.17) is 4.74 Å². The van der Waals surface area contributed by atoms with E-state index in [1.54, 1.807) is 0 Å². The maximum Gasteiger partial charge on any atom is 0.323 e. The average molecular weight is 297 g/mol. The molecule has 0 aromatic carbocycles. The van der Waals surface area contributed by atoms with Crippen molar-refractivity contribution in [2.75, 3.05) is 23.8 Å². The number of ether oxygens (including phenoxy) is 1. The number of nitrogens with one attached hydrogen (secondary N) is 2. The van der Waals surface area contributed by atoms with E-state index in [9.17, 15) is 5.11 Å². The summed E-state index contributed by atoms with van der Waals surface area (Å²) in [4.78, 5) is 12.8. The summed E-state index contributed by atoms with van der Waals surface area (Å²) in [6.07, 6.45) is 0.957. The van der Waals surface area contributed by atoms with Gasteiger partial charge in [0.15, 0.2) is 0 Å². The van der Waals surface area contributed by atoms with E-state index >= 15 is 0 Å². The minimum Gasteiger partial charge on any atom is -0.461 e. The van der Waals surface area contributed by atoms with Crippen molar-refractivity contribution in [1.82, 2.24) is 15.0 Å². The summed E-state index contributed by atoms with van der Waals surface area (Å²) in [6.45, 7) is 10.7. The predicted molar refractivity (Wildman–Crippen MR) is 83.7 cm³/mol. The van der Waals surface area contributed by atoms with Crippen LogP contribution < -0.4 is 15.4 Å². The second-order valence-corrected chi connectivity index (χ2v) is 5.54. The van der Waals surface area contributed by atoms with Gasteiger partial charge in [-0.1, -0.05) is 20.8 Å². The highest BCUT2D eigenvalue weighted by atomic mass is 16.5. The fraction of sp³-hybridized carbons (Fsp3) is 0.786. The van der Waals surface area contributed by atoms with Crippen molar-refractivity contribution in [1.29, 1.82) is 0 Å². The molecule has 0 saturated heterocycles. The maximum atomic E-state index is 9.40. The monoisotopic (exact) mass is 297 g/mol. The SMILES string of the molecule is CCCNc1nc(N[C@H](CO)C(C)C)nc(OC(C)C)n1. The third-order valence-corrected chi connectivity index (χ3v) is 2.81. The number of aliphatic hydroxyl groups is 1. The van der Waals surface area contributed by atoms with Gasteiger partial charge in [0, 0.05) is 6.54 Å². The van der Waals surface area contributed by atoms with Gasteiger partial charge >= 0.3 is 6.01 Å². The molecule has 3 N–H and O–H groups in total. The van der Waals surface area contributed by atoms with Crippen molar-refractivity contribution in [3.05, 3.63) is 0 Å². The fourth-order valence-electron chi connectivity index (χ4n) is 1.59. The first kappa shape index (κ1) is 17.4. The fourth-order valence-corrected chi connectivity index (χ4v) is 1.59. The van der Waals surface area contributed by atoms with E-state index in [2.05, 4.69) is 32.5 Å². The van der Waals surface area contributed by atoms with Gasteiger partial charge in [-0.2, -0.15) is 15.0 Å². The van der Waals surface area contributed by atoms with Gasteiger partial charge in [0.05, 0.1) is 18.8 Å². The summed E-state index contributed by atoms with van der Waals surface area (Å²) in [5.74, 6) is 1.14. The van der Waals surface area contributed by atoms with Crippen molar-refractivity contribution in [2.45, 2.75) is 53.2 Å². The molecule has 1 aromatic heterocycles. The molecule has 0 radical (unpaired) electrons. The molecule has 0 fully saturated rings. The normalized spacial score (nSPS) is 12.6. The van der Waals surface area contributed by atoms with Crippen LogP contribution in [-0.2, 0) is 0 Å². The second kappa shape index (κ2) is 8.61. The molecule has 0 aliphatic heterocycles. The van der Waals surface area contributed by atoms with E-state index < -0.39 is 0 Å². The zero-order chi connectivity index (χ0) is 15.8. The Labute approximate surface area is 126 Å². The quantitative estimate of drug-likeness (QED) is 0.641. The van der Waals surface area contributed by atoms with Crippen LogP contribution in [0.15, 0.2) is 0 Å². The van der Waals surface area contributed by atoms with Crippen LogP contribution in [0.25, 0.3) is 0 Å². The highest BCUT2D eigenvalue weighted by molar-refractivity contribution is 5.36. The summed E-state index contributed by atoms with van der Waals surface area (Å²) < 4.78 is 5.55. The predicted octanol–water partition coefficient (Wildman–Crippen LogP) is 1.91. The average Bonchev–Trinajstić information content (AvgIpc) is 2.41. The standard InChI is InChI=1S/C14H27N5O2/c1-6-7-15-12-17-13(16-11(8-20)9(2)3)19-14(18-12)21-10(4)5/h9-11,20H,6-8H2,1-5H3,(H2,15,16,17,18,19)/t11-/m1/s1. The highest BCUT2D eigenvalue weighted by Crippen LogP contribution is 2.15. The smallest absolute Gasteiger partial charge is 0.323 e. The van der Waals surface area contributed by atoms with Crippen molar-refractivity contribution in [2.24, 2.45) is 5.92 Å². The number of hydrogen-bond acceptors (Lipinski definition) is 7. The van der Waals surface area contributed by atoms with Gasteiger partial charge in [-0.25, -0.2) is 0 Å². The number of rotatable bonds is 9. The highest BCUT2D eigenvalue weighted by Gasteiger charge is 2.15. The van der Waals surface area contributed by atoms with E-state index in [1.165, 1.54) is 0 Å². The number of anilines is 2. The molecule has 0 aliphatic carbocycles. The summed E-state index contributed by atoms with van der Waals surface area (Å²) in [7, 11) is 0. The number of hydrogen-bond donors (Lipinski definition) is 3. The number of aromatic nitrogens is 3. The van der Waals surface area contributed by atoms with Crippen LogP contribution in [-0.4, -0.2) is 45.4 Å². The molecule has 1 heterocycles. The Morgan fingerprint density at radius 2 is 1.76 bits per heavy atom. The minimum atomic E-state index is -0.113. The molecule has 1 aromatic rings. The molecule has 0 saturated carbocycles. The van der Waals surface area contributed by atoms with Crippen LogP contribution in [0.1, 0.15) is 41.0 Å². The van der Waals surface area contributed by atoms with Crippen molar-refractivity contribution >= 4 is 11.9 Å². The van der Waals surface area contributed by atoms with Crippen LogP contribution >= 0.6 is 0 Å². The van der Waals surface area contributed by atoms with Crippen LogP contribution in [0, 0.1) is 5.92 Å². The molecule has 0 spiro atoms. The van der Waals surface area contributed by atoms with Crippen LogP contribution in [0.2, 0.25) is 0 Å². The Kier molecular flexibility index (Phi) is 7.14. The number of nitrogens with zero attached hydrogens (tertiary/aromatic N) is 3. The lowest BCUT2D eigenvalue weighted by Crippen LogP contribution is -2.30. The Morgan fingerprint density at radius 1 is 1.10 bits per heavy atom. The Morgan fingerprint density at radius 3 is 2.29 bits per heavy atom. The molecule has 120 valence electrons.